The van der Waals surface area contributed by atoms with Crippen LogP contribution >= 0.6 is 0 Å². The molecule has 0 heterocycles. The molecule has 3 heteroatoms. The quantitative estimate of drug-likeness (QED) is 0.710. The molecule has 0 N–H and O–H groups in total. The van der Waals surface area contributed by atoms with Crippen LogP contribution in [-0.2, 0) is 10.2 Å². The number of ketones is 1. The highest BCUT2D eigenvalue weighted by Gasteiger charge is 2.50. The molecule has 0 bridgehead atoms. The van der Waals surface area contributed by atoms with Crippen LogP contribution in [0.3, 0.4) is 0 Å². The Balaban J connectivity index is 2.51. The van der Waals surface area contributed by atoms with Crippen LogP contribution in [0.4, 0.5) is 8.78 Å². The second-order valence-electron chi connectivity index (χ2n) is 3.76. The van der Waals surface area contributed by atoms with E-state index in [0.29, 0.717) is 12.8 Å². The Hall–Kier alpha value is -1.25. The molecule has 0 unspecified atom stereocenters. The van der Waals surface area contributed by atoms with Gasteiger partial charge in [-0.1, -0.05) is 0 Å². The van der Waals surface area contributed by atoms with Crippen LogP contribution in [0.25, 0.3) is 0 Å². The highest BCUT2D eigenvalue weighted by molar-refractivity contribution is 5.91. The van der Waals surface area contributed by atoms with E-state index in [1.54, 1.807) is 0 Å². The van der Waals surface area contributed by atoms with Gasteiger partial charge in [-0.25, -0.2) is 8.78 Å². The van der Waals surface area contributed by atoms with Crippen LogP contribution in [0, 0.1) is 11.6 Å². The topological polar surface area (TPSA) is 17.1 Å². The van der Waals surface area contributed by atoms with Gasteiger partial charge in [0.2, 0.25) is 0 Å². The second kappa shape index (κ2) is 2.87. The number of Topliss-reactive ketones (excluding diaryl/α,β-unsaturated/α-hetero) is 1. The standard InChI is InChI=1S/C11H10F2O/c1-7(14)11(4-5-11)9-6-8(12)2-3-10(9)13/h2-3,6H,4-5H2,1H3. The molecule has 1 aliphatic carbocycles. The molecule has 1 aromatic rings. The minimum atomic E-state index is -0.730. The summed E-state index contributed by atoms with van der Waals surface area (Å²) in [5, 5.41) is 0. The molecular weight excluding hydrogens is 186 g/mol. The van der Waals surface area contributed by atoms with Gasteiger partial charge < -0.3 is 0 Å². The molecule has 74 valence electrons. The van der Waals surface area contributed by atoms with E-state index in [1.807, 2.05) is 0 Å². The summed E-state index contributed by atoms with van der Waals surface area (Å²) in [6.07, 6.45) is 1.26. The monoisotopic (exact) mass is 196 g/mol. The Kier molecular flexibility index (Phi) is 1.91. The molecule has 1 saturated carbocycles. The lowest BCUT2D eigenvalue weighted by atomic mass is 9.91. The number of rotatable bonds is 2. The number of halogens is 2. The summed E-state index contributed by atoms with van der Waals surface area (Å²) in [7, 11) is 0. The fraction of sp³-hybridized carbons (Fsp3) is 0.364. The van der Waals surface area contributed by atoms with Gasteiger partial charge in [0.05, 0.1) is 5.41 Å². The molecule has 0 radical (unpaired) electrons. The van der Waals surface area contributed by atoms with Gasteiger partial charge in [0.25, 0.3) is 0 Å². The van der Waals surface area contributed by atoms with Gasteiger partial charge in [0.15, 0.2) is 0 Å². The molecule has 1 nitrogen and oxygen atoms in total. The minimum absolute atomic E-state index is 0.0815. The molecule has 0 saturated heterocycles. The Morgan fingerprint density at radius 1 is 1.36 bits per heavy atom. The van der Waals surface area contributed by atoms with E-state index in [0.717, 1.165) is 18.2 Å². The lowest BCUT2D eigenvalue weighted by molar-refractivity contribution is -0.119. The van der Waals surface area contributed by atoms with Crippen LogP contribution < -0.4 is 0 Å². The van der Waals surface area contributed by atoms with Gasteiger partial charge in [-0.15, -0.1) is 0 Å². The number of carbonyl (C=O) groups excluding carboxylic acids is 1. The fourth-order valence-electron chi connectivity index (χ4n) is 1.80. The van der Waals surface area contributed by atoms with Gasteiger partial charge in [-0.05, 0) is 38.0 Å². The van der Waals surface area contributed by atoms with E-state index in [4.69, 9.17) is 0 Å². The summed E-state index contributed by atoms with van der Waals surface area (Å²) in [5.74, 6) is -1.06. The lowest BCUT2D eigenvalue weighted by Gasteiger charge is -2.12. The summed E-state index contributed by atoms with van der Waals surface area (Å²) >= 11 is 0. The van der Waals surface area contributed by atoms with E-state index >= 15 is 0 Å². The van der Waals surface area contributed by atoms with Crippen molar-refractivity contribution in [3.63, 3.8) is 0 Å². The Labute approximate surface area is 80.7 Å². The second-order valence-corrected chi connectivity index (χ2v) is 3.76. The van der Waals surface area contributed by atoms with Crippen molar-refractivity contribution >= 4 is 5.78 Å². The third-order valence-electron chi connectivity index (χ3n) is 2.87. The van der Waals surface area contributed by atoms with Crippen molar-refractivity contribution in [1.29, 1.82) is 0 Å². The Morgan fingerprint density at radius 2 is 2.00 bits per heavy atom. The van der Waals surface area contributed by atoms with Crippen molar-refractivity contribution in [2.75, 3.05) is 0 Å². The largest absolute Gasteiger partial charge is 0.299 e. The van der Waals surface area contributed by atoms with E-state index in [1.165, 1.54) is 6.92 Å². The maximum atomic E-state index is 13.3. The maximum absolute atomic E-state index is 13.3. The summed E-state index contributed by atoms with van der Waals surface area (Å²) in [6, 6.07) is 3.27. The maximum Gasteiger partial charge on any atom is 0.140 e. The van der Waals surface area contributed by atoms with Crippen LogP contribution in [0.1, 0.15) is 25.3 Å². The number of hydrogen-bond acceptors (Lipinski definition) is 1. The zero-order valence-corrected chi connectivity index (χ0v) is 7.81. The van der Waals surface area contributed by atoms with E-state index in [-0.39, 0.29) is 11.3 Å². The first-order chi connectivity index (χ1) is 6.56. The summed E-state index contributed by atoms with van der Waals surface area (Å²) in [4.78, 5) is 11.3. The molecule has 1 aromatic carbocycles. The fourth-order valence-corrected chi connectivity index (χ4v) is 1.80. The van der Waals surface area contributed by atoms with Gasteiger partial charge in [0.1, 0.15) is 17.4 Å². The SMILES string of the molecule is CC(=O)C1(c2cc(F)ccc2F)CC1. The molecular formula is C11H10F2O. The average molecular weight is 196 g/mol. The van der Waals surface area contributed by atoms with Crippen molar-refractivity contribution in [3.05, 3.63) is 35.4 Å². The van der Waals surface area contributed by atoms with Crippen molar-refractivity contribution in [3.8, 4) is 0 Å². The van der Waals surface area contributed by atoms with Gasteiger partial charge >= 0.3 is 0 Å². The third-order valence-corrected chi connectivity index (χ3v) is 2.87. The van der Waals surface area contributed by atoms with E-state index in [2.05, 4.69) is 0 Å². The molecule has 0 spiro atoms. The normalized spacial score (nSPS) is 17.9. The van der Waals surface area contributed by atoms with Crippen molar-refractivity contribution in [2.24, 2.45) is 0 Å². The first kappa shape index (κ1) is 9.31. The smallest absolute Gasteiger partial charge is 0.140 e. The lowest BCUT2D eigenvalue weighted by Crippen LogP contribution is -2.18. The summed E-state index contributed by atoms with van der Waals surface area (Å²) in [5.41, 5.74) is -0.517. The molecule has 0 aliphatic heterocycles. The molecule has 0 amide bonds. The zero-order chi connectivity index (χ0) is 10.3. The van der Waals surface area contributed by atoms with Gasteiger partial charge in [-0.3, -0.25) is 4.79 Å². The third kappa shape index (κ3) is 1.24. The molecule has 2 rings (SSSR count). The van der Waals surface area contributed by atoms with Crippen molar-refractivity contribution < 1.29 is 13.6 Å². The van der Waals surface area contributed by atoms with Crippen LogP contribution in [0.5, 0.6) is 0 Å². The van der Waals surface area contributed by atoms with Crippen LogP contribution in [0.2, 0.25) is 0 Å². The molecule has 14 heavy (non-hydrogen) atoms. The van der Waals surface area contributed by atoms with Gasteiger partial charge in [-0.2, -0.15) is 0 Å². The van der Waals surface area contributed by atoms with E-state index in [9.17, 15) is 13.6 Å². The Bertz CT molecular complexity index is 394. The van der Waals surface area contributed by atoms with E-state index < -0.39 is 17.0 Å². The molecule has 0 aromatic heterocycles. The number of carbonyl (C=O) groups is 1. The van der Waals surface area contributed by atoms with Crippen molar-refractivity contribution in [1.82, 2.24) is 0 Å². The zero-order valence-electron chi connectivity index (χ0n) is 7.81. The van der Waals surface area contributed by atoms with Crippen LogP contribution in [-0.4, -0.2) is 5.78 Å². The molecule has 1 aliphatic rings. The minimum Gasteiger partial charge on any atom is -0.299 e. The molecule has 0 atom stereocenters. The average Bonchev–Trinajstić information content (AvgIpc) is 2.90. The predicted molar refractivity (Wildman–Crippen MR) is 48.0 cm³/mol. The summed E-state index contributed by atoms with van der Waals surface area (Å²) < 4.78 is 26.2. The number of benzene rings is 1. The predicted octanol–water partition coefficient (Wildman–Crippen LogP) is 2.59. The first-order valence-electron chi connectivity index (χ1n) is 4.53. The number of hydrogen-bond donors (Lipinski definition) is 0. The summed E-state index contributed by atoms with van der Waals surface area (Å²) in [6.45, 7) is 1.43. The van der Waals surface area contributed by atoms with Crippen molar-refractivity contribution in [2.45, 2.75) is 25.2 Å². The highest BCUT2D eigenvalue weighted by Crippen LogP contribution is 2.49. The highest BCUT2D eigenvalue weighted by atomic mass is 19.1. The van der Waals surface area contributed by atoms with Gasteiger partial charge in [0, 0.05) is 5.56 Å². The van der Waals surface area contributed by atoms with Crippen LogP contribution in [0.15, 0.2) is 18.2 Å². The first-order valence-corrected chi connectivity index (χ1v) is 4.53. The Morgan fingerprint density at radius 3 is 2.50 bits per heavy atom. The molecule has 1 fully saturated rings.